The van der Waals surface area contributed by atoms with E-state index in [1.54, 1.807) is 18.3 Å². The molecule has 0 radical (unpaired) electrons. The van der Waals surface area contributed by atoms with Crippen molar-refractivity contribution in [2.24, 2.45) is 5.73 Å². The second kappa shape index (κ2) is 14.1. The fraction of sp³-hybridized carbons (Fsp3) is 0.333. The summed E-state index contributed by atoms with van der Waals surface area (Å²) in [6.45, 7) is 4.36. The number of amides is 1. The Kier molecular flexibility index (Phi) is 11.6. The van der Waals surface area contributed by atoms with Gasteiger partial charge in [0.1, 0.15) is 17.5 Å². The van der Waals surface area contributed by atoms with Gasteiger partial charge < -0.3 is 15.5 Å². The SMILES string of the molecule is Cl.Cl.NC(=O)c1cccnc1N1CCCN(CCCC(c2ccc(F)cc2)c2ccc(F)cc2)CC1. The number of pyridine rings is 1. The Balaban J connectivity index is 0.00000228. The van der Waals surface area contributed by atoms with Crippen LogP contribution in [0.3, 0.4) is 0 Å². The van der Waals surface area contributed by atoms with Crippen LogP contribution in [0.5, 0.6) is 0 Å². The first-order chi connectivity index (χ1) is 16.5. The van der Waals surface area contributed by atoms with Crippen LogP contribution < -0.4 is 10.6 Å². The van der Waals surface area contributed by atoms with Gasteiger partial charge in [-0.05, 0) is 79.9 Å². The molecule has 1 aliphatic rings. The van der Waals surface area contributed by atoms with Crippen molar-refractivity contribution in [1.29, 1.82) is 0 Å². The summed E-state index contributed by atoms with van der Waals surface area (Å²) in [5.41, 5.74) is 8.06. The van der Waals surface area contributed by atoms with Crippen LogP contribution in [-0.2, 0) is 0 Å². The van der Waals surface area contributed by atoms with Crippen LogP contribution in [0.4, 0.5) is 14.6 Å². The lowest BCUT2D eigenvalue weighted by atomic mass is 9.87. The van der Waals surface area contributed by atoms with Crippen LogP contribution in [0.15, 0.2) is 66.9 Å². The van der Waals surface area contributed by atoms with E-state index in [1.165, 1.54) is 24.3 Å². The number of halogens is 4. The highest BCUT2D eigenvalue weighted by Crippen LogP contribution is 2.30. The molecule has 0 aliphatic carbocycles. The molecule has 5 nitrogen and oxygen atoms in total. The molecule has 0 unspecified atom stereocenters. The Labute approximate surface area is 223 Å². The van der Waals surface area contributed by atoms with Gasteiger partial charge in [-0.25, -0.2) is 13.8 Å². The van der Waals surface area contributed by atoms with Gasteiger partial charge in [0.25, 0.3) is 5.91 Å². The number of anilines is 1. The van der Waals surface area contributed by atoms with E-state index in [-0.39, 0.29) is 42.4 Å². The number of rotatable bonds is 8. The number of carbonyl (C=O) groups excluding carboxylic acids is 1. The summed E-state index contributed by atoms with van der Waals surface area (Å²) in [5, 5.41) is 0. The molecular formula is C27H32Cl2F2N4O. The van der Waals surface area contributed by atoms with Gasteiger partial charge in [0.15, 0.2) is 0 Å². The minimum atomic E-state index is -0.461. The predicted octanol–water partition coefficient (Wildman–Crippen LogP) is 5.43. The summed E-state index contributed by atoms with van der Waals surface area (Å²) in [5.74, 6) is -0.246. The molecule has 1 aromatic heterocycles. The van der Waals surface area contributed by atoms with Crippen LogP contribution in [0.25, 0.3) is 0 Å². The lowest BCUT2D eigenvalue weighted by molar-refractivity contribution is 0.100. The third-order valence-electron chi connectivity index (χ3n) is 6.45. The molecule has 2 aromatic carbocycles. The van der Waals surface area contributed by atoms with Gasteiger partial charge in [0.2, 0.25) is 0 Å². The number of hydrogen-bond donors (Lipinski definition) is 1. The molecule has 1 saturated heterocycles. The van der Waals surface area contributed by atoms with Gasteiger partial charge >= 0.3 is 0 Å². The Bertz CT molecular complexity index is 1050. The molecule has 1 fully saturated rings. The highest BCUT2D eigenvalue weighted by atomic mass is 35.5. The van der Waals surface area contributed by atoms with E-state index in [4.69, 9.17) is 5.73 Å². The largest absolute Gasteiger partial charge is 0.365 e. The van der Waals surface area contributed by atoms with Crippen LogP contribution in [0, 0.1) is 11.6 Å². The minimum Gasteiger partial charge on any atom is -0.365 e. The maximum Gasteiger partial charge on any atom is 0.252 e. The molecule has 0 spiro atoms. The van der Waals surface area contributed by atoms with Crippen molar-refractivity contribution in [3.8, 4) is 0 Å². The summed E-state index contributed by atoms with van der Waals surface area (Å²) >= 11 is 0. The zero-order chi connectivity index (χ0) is 23.9. The zero-order valence-corrected chi connectivity index (χ0v) is 21.6. The molecule has 2 N–H and O–H groups in total. The van der Waals surface area contributed by atoms with Crippen molar-refractivity contribution in [3.63, 3.8) is 0 Å². The molecule has 36 heavy (non-hydrogen) atoms. The quantitative estimate of drug-likeness (QED) is 0.417. The van der Waals surface area contributed by atoms with E-state index in [9.17, 15) is 13.6 Å². The van der Waals surface area contributed by atoms with Crippen LogP contribution in [-0.4, -0.2) is 48.5 Å². The average molecular weight is 537 g/mol. The zero-order valence-electron chi connectivity index (χ0n) is 20.0. The maximum absolute atomic E-state index is 13.5. The van der Waals surface area contributed by atoms with Crippen molar-refractivity contribution in [1.82, 2.24) is 9.88 Å². The summed E-state index contributed by atoms with van der Waals surface area (Å²) in [6, 6.07) is 16.6. The third kappa shape index (κ3) is 7.63. The first kappa shape index (κ1) is 29.5. The monoisotopic (exact) mass is 536 g/mol. The van der Waals surface area contributed by atoms with Gasteiger partial charge in [-0.15, -0.1) is 24.8 Å². The van der Waals surface area contributed by atoms with Crippen molar-refractivity contribution in [3.05, 3.63) is 95.2 Å². The summed E-state index contributed by atoms with van der Waals surface area (Å²) < 4.78 is 26.9. The van der Waals surface area contributed by atoms with E-state index >= 15 is 0 Å². The van der Waals surface area contributed by atoms with E-state index < -0.39 is 5.91 Å². The van der Waals surface area contributed by atoms with Gasteiger partial charge in [-0.1, -0.05) is 24.3 Å². The van der Waals surface area contributed by atoms with Gasteiger partial charge in [0.05, 0.1) is 5.56 Å². The van der Waals surface area contributed by atoms with Gasteiger partial charge in [0, 0.05) is 31.7 Å². The molecule has 194 valence electrons. The predicted molar refractivity (Wildman–Crippen MR) is 144 cm³/mol. The van der Waals surface area contributed by atoms with Crippen molar-refractivity contribution < 1.29 is 13.6 Å². The molecule has 0 saturated carbocycles. The van der Waals surface area contributed by atoms with Crippen LogP contribution >= 0.6 is 24.8 Å². The standard InChI is InChI=1S/C27H30F2N4O.2ClH/c28-22-10-6-20(7-11-22)24(21-8-12-23(29)13-9-21)5-2-15-32-16-3-17-33(19-18-32)27-25(26(30)34)4-1-14-31-27;;/h1,4,6-14,24H,2-3,5,15-19H2,(H2,30,34);2*1H. The first-order valence-corrected chi connectivity index (χ1v) is 11.7. The Morgan fingerprint density at radius 2 is 1.50 bits per heavy atom. The van der Waals surface area contributed by atoms with Crippen molar-refractivity contribution in [2.45, 2.75) is 25.2 Å². The molecule has 2 heterocycles. The smallest absolute Gasteiger partial charge is 0.252 e. The normalized spacial score (nSPS) is 14.0. The fourth-order valence-electron chi connectivity index (χ4n) is 4.68. The van der Waals surface area contributed by atoms with E-state index in [1.807, 2.05) is 24.3 Å². The first-order valence-electron chi connectivity index (χ1n) is 11.7. The second-order valence-corrected chi connectivity index (χ2v) is 8.72. The van der Waals surface area contributed by atoms with Crippen molar-refractivity contribution >= 4 is 36.5 Å². The van der Waals surface area contributed by atoms with E-state index in [0.29, 0.717) is 11.4 Å². The molecule has 0 atom stereocenters. The number of primary amides is 1. The molecule has 9 heteroatoms. The fourth-order valence-corrected chi connectivity index (χ4v) is 4.68. The molecule has 1 aliphatic heterocycles. The third-order valence-corrected chi connectivity index (χ3v) is 6.45. The highest BCUT2D eigenvalue weighted by Gasteiger charge is 2.21. The minimum absolute atomic E-state index is 0. The molecule has 3 aromatic rings. The topological polar surface area (TPSA) is 62.5 Å². The summed E-state index contributed by atoms with van der Waals surface area (Å²) in [7, 11) is 0. The lowest BCUT2D eigenvalue weighted by Crippen LogP contribution is -2.33. The number of nitrogens with zero attached hydrogens (tertiary/aromatic N) is 3. The molecule has 1 amide bonds. The van der Waals surface area contributed by atoms with Gasteiger partial charge in [-0.2, -0.15) is 0 Å². The second-order valence-electron chi connectivity index (χ2n) is 8.72. The molecular weight excluding hydrogens is 505 g/mol. The van der Waals surface area contributed by atoms with E-state index in [0.717, 1.165) is 63.1 Å². The van der Waals surface area contributed by atoms with Crippen LogP contribution in [0.2, 0.25) is 0 Å². The Morgan fingerprint density at radius 3 is 2.08 bits per heavy atom. The number of benzene rings is 2. The Hall–Kier alpha value is -2.74. The van der Waals surface area contributed by atoms with E-state index in [2.05, 4.69) is 14.8 Å². The summed E-state index contributed by atoms with van der Waals surface area (Å²) in [6.07, 6.45) is 4.49. The number of hydrogen-bond acceptors (Lipinski definition) is 4. The maximum atomic E-state index is 13.5. The summed E-state index contributed by atoms with van der Waals surface area (Å²) in [4.78, 5) is 20.8. The number of nitrogens with two attached hydrogens (primary N) is 1. The lowest BCUT2D eigenvalue weighted by Gasteiger charge is -2.24. The molecule has 4 rings (SSSR count). The number of carbonyl (C=O) groups is 1. The highest BCUT2D eigenvalue weighted by molar-refractivity contribution is 5.97. The van der Waals surface area contributed by atoms with Crippen LogP contribution in [0.1, 0.15) is 46.7 Å². The number of aromatic nitrogens is 1. The Morgan fingerprint density at radius 1 is 0.889 bits per heavy atom. The van der Waals surface area contributed by atoms with Crippen molar-refractivity contribution in [2.75, 3.05) is 37.6 Å². The molecule has 0 bridgehead atoms. The average Bonchev–Trinajstić information content (AvgIpc) is 3.09. The van der Waals surface area contributed by atoms with Gasteiger partial charge in [-0.3, -0.25) is 4.79 Å².